The number of benzene rings is 1. The molecule has 0 aliphatic carbocycles. The van der Waals surface area contributed by atoms with Crippen molar-refractivity contribution >= 4 is 17.7 Å². The smallest absolute Gasteiger partial charge is 0.227 e. The summed E-state index contributed by atoms with van der Waals surface area (Å²) in [6, 6.07) is 8.07. The molecule has 0 spiro atoms. The Bertz CT molecular complexity index is 783. The molecule has 0 unspecified atom stereocenters. The van der Waals surface area contributed by atoms with Crippen LogP contribution in [0.2, 0.25) is 0 Å². The molecular weight excluding hydrogens is 345 g/mol. The number of carbonyl (C=O) groups excluding carboxylic acids is 1. The molecule has 3 heterocycles. The second kappa shape index (κ2) is 7.90. The van der Waals surface area contributed by atoms with Crippen LogP contribution in [0.15, 0.2) is 36.5 Å². The number of carbonyl (C=O) groups is 1. The number of hydrogen-bond acceptors (Lipinski definition) is 5. The van der Waals surface area contributed by atoms with Crippen molar-refractivity contribution in [3.63, 3.8) is 0 Å². The molecule has 2 fully saturated rings. The largest absolute Gasteiger partial charge is 0.353 e. The van der Waals surface area contributed by atoms with Crippen LogP contribution in [0.1, 0.15) is 18.4 Å². The topological polar surface area (TPSA) is 52.6 Å². The molecule has 2 aliphatic rings. The van der Waals surface area contributed by atoms with Gasteiger partial charge in [-0.1, -0.05) is 12.1 Å². The summed E-state index contributed by atoms with van der Waals surface area (Å²) in [5.74, 6) is 1.54. The number of anilines is 2. The fraction of sp³-hybridized carbons (Fsp3) is 0.450. The maximum absolute atomic E-state index is 13.0. The number of nitrogens with zero attached hydrogens (tertiary/aromatic N) is 5. The lowest BCUT2D eigenvalue weighted by Gasteiger charge is -2.35. The molecule has 2 aliphatic heterocycles. The average Bonchev–Trinajstić information content (AvgIpc) is 3.25. The van der Waals surface area contributed by atoms with Crippen molar-refractivity contribution in [2.24, 2.45) is 0 Å². The quantitative estimate of drug-likeness (QED) is 0.826. The Morgan fingerprint density at radius 3 is 2.33 bits per heavy atom. The molecule has 1 aromatic carbocycles. The zero-order chi connectivity index (χ0) is 18.6. The van der Waals surface area contributed by atoms with Gasteiger partial charge < -0.3 is 14.7 Å². The summed E-state index contributed by atoms with van der Waals surface area (Å²) >= 11 is 0. The molecule has 0 saturated carbocycles. The van der Waals surface area contributed by atoms with Gasteiger partial charge in [0.05, 0.1) is 6.42 Å². The van der Waals surface area contributed by atoms with E-state index in [9.17, 15) is 9.18 Å². The van der Waals surface area contributed by atoms with Gasteiger partial charge in [-0.2, -0.15) is 4.98 Å². The second-order valence-electron chi connectivity index (χ2n) is 7.08. The van der Waals surface area contributed by atoms with E-state index in [1.54, 1.807) is 12.1 Å². The lowest BCUT2D eigenvalue weighted by Crippen LogP contribution is -2.49. The van der Waals surface area contributed by atoms with Gasteiger partial charge in [-0.25, -0.2) is 9.37 Å². The summed E-state index contributed by atoms with van der Waals surface area (Å²) in [4.78, 5) is 28.0. The summed E-state index contributed by atoms with van der Waals surface area (Å²) in [5, 5.41) is 0. The van der Waals surface area contributed by atoms with E-state index in [0.29, 0.717) is 19.5 Å². The standard InChI is InChI=1S/C20H24FN5O/c21-17-5-3-16(4-6-17)15-19(27)25-13-11-24(12-14-25)18-7-8-22-20(23-18)26-9-1-2-10-26/h3-8H,1-2,9-15H2. The van der Waals surface area contributed by atoms with Gasteiger partial charge in [0.15, 0.2) is 0 Å². The van der Waals surface area contributed by atoms with Crippen molar-refractivity contribution in [2.75, 3.05) is 49.1 Å². The van der Waals surface area contributed by atoms with E-state index in [1.807, 2.05) is 17.2 Å². The van der Waals surface area contributed by atoms with Crippen molar-refractivity contribution in [1.29, 1.82) is 0 Å². The predicted octanol–water partition coefficient (Wildman–Crippen LogP) is 2.11. The second-order valence-corrected chi connectivity index (χ2v) is 7.08. The van der Waals surface area contributed by atoms with Crippen LogP contribution < -0.4 is 9.80 Å². The van der Waals surface area contributed by atoms with Crippen LogP contribution in [0.3, 0.4) is 0 Å². The summed E-state index contributed by atoms with van der Waals surface area (Å²) in [7, 11) is 0. The molecule has 1 aromatic heterocycles. The third-order valence-corrected chi connectivity index (χ3v) is 5.24. The fourth-order valence-electron chi connectivity index (χ4n) is 3.66. The number of hydrogen-bond donors (Lipinski definition) is 0. The van der Waals surface area contributed by atoms with Crippen LogP contribution in [-0.4, -0.2) is 60.0 Å². The fourth-order valence-corrected chi connectivity index (χ4v) is 3.66. The van der Waals surface area contributed by atoms with Gasteiger partial charge >= 0.3 is 0 Å². The zero-order valence-corrected chi connectivity index (χ0v) is 15.4. The minimum atomic E-state index is -0.280. The molecule has 0 N–H and O–H groups in total. The highest BCUT2D eigenvalue weighted by molar-refractivity contribution is 5.79. The first kappa shape index (κ1) is 17.7. The number of rotatable bonds is 4. The summed E-state index contributed by atoms with van der Waals surface area (Å²) in [5.41, 5.74) is 0.842. The third-order valence-electron chi connectivity index (χ3n) is 5.24. The Labute approximate surface area is 158 Å². The van der Waals surface area contributed by atoms with Gasteiger partial charge in [0.1, 0.15) is 11.6 Å². The van der Waals surface area contributed by atoms with Gasteiger partial charge in [0.2, 0.25) is 11.9 Å². The van der Waals surface area contributed by atoms with Crippen molar-refractivity contribution in [1.82, 2.24) is 14.9 Å². The van der Waals surface area contributed by atoms with Crippen LogP contribution in [0.5, 0.6) is 0 Å². The van der Waals surface area contributed by atoms with Crippen LogP contribution in [0, 0.1) is 5.82 Å². The van der Waals surface area contributed by atoms with Crippen LogP contribution in [0.4, 0.5) is 16.2 Å². The van der Waals surface area contributed by atoms with E-state index in [4.69, 9.17) is 4.98 Å². The molecule has 0 bridgehead atoms. The van der Waals surface area contributed by atoms with E-state index >= 15 is 0 Å². The molecule has 7 heteroatoms. The first-order chi connectivity index (χ1) is 13.2. The van der Waals surface area contributed by atoms with Gasteiger partial charge in [0.25, 0.3) is 0 Å². The molecule has 142 valence electrons. The van der Waals surface area contributed by atoms with Gasteiger partial charge in [0, 0.05) is 45.5 Å². The number of halogens is 1. The van der Waals surface area contributed by atoms with Crippen molar-refractivity contribution in [3.8, 4) is 0 Å². The highest BCUT2D eigenvalue weighted by Crippen LogP contribution is 2.20. The van der Waals surface area contributed by atoms with E-state index in [0.717, 1.165) is 43.5 Å². The first-order valence-electron chi connectivity index (χ1n) is 9.54. The molecule has 0 atom stereocenters. The molecular formula is C20H24FN5O. The number of amides is 1. The molecule has 1 amide bonds. The van der Waals surface area contributed by atoms with Gasteiger partial charge in [-0.3, -0.25) is 4.79 Å². The monoisotopic (exact) mass is 369 g/mol. The summed E-state index contributed by atoms with van der Waals surface area (Å²) in [6.45, 7) is 4.90. The van der Waals surface area contributed by atoms with E-state index < -0.39 is 0 Å². The molecule has 27 heavy (non-hydrogen) atoms. The maximum Gasteiger partial charge on any atom is 0.227 e. The summed E-state index contributed by atoms with van der Waals surface area (Å²) in [6.07, 6.45) is 4.53. The zero-order valence-electron chi connectivity index (χ0n) is 15.4. The Kier molecular flexibility index (Phi) is 5.18. The summed E-state index contributed by atoms with van der Waals surface area (Å²) < 4.78 is 13.0. The van der Waals surface area contributed by atoms with E-state index in [1.165, 1.54) is 25.0 Å². The molecule has 2 saturated heterocycles. The molecule has 4 rings (SSSR count). The van der Waals surface area contributed by atoms with Crippen LogP contribution in [-0.2, 0) is 11.2 Å². The lowest BCUT2D eigenvalue weighted by molar-refractivity contribution is -0.130. The minimum Gasteiger partial charge on any atom is -0.353 e. The SMILES string of the molecule is O=C(Cc1ccc(F)cc1)N1CCN(c2ccnc(N3CCCC3)n2)CC1. The molecule has 6 nitrogen and oxygen atoms in total. The van der Waals surface area contributed by atoms with E-state index in [2.05, 4.69) is 14.8 Å². The highest BCUT2D eigenvalue weighted by Gasteiger charge is 2.23. The Morgan fingerprint density at radius 1 is 0.926 bits per heavy atom. The Balaban J connectivity index is 1.34. The van der Waals surface area contributed by atoms with Crippen LogP contribution >= 0.6 is 0 Å². The third kappa shape index (κ3) is 4.18. The maximum atomic E-state index is 13.0. The molecule has 2 aromatic rings. The van der Waals surface area contributed by atoms with Crippen molar-refractivity contribution in [2.45, 2.75) is 19.3 Å². The minimum absolute atomic E-state index is 0.0849. The Morgan fingerprint density at radius 2 is 1.63 bits per heavy atom. The van der Waals surface area contributed by atoms with E-state index in [-0.39, 0.29) is 11.7 Å². The van der Waals surface area contributed by atoms with Crippen LogP contribution in [0.25, 0.3) is 0 Å². The normalized spacial score (nSPS) is 17.4. The lowest BCUT2D eigenvalue weighted by atomic mass is 10.1. The Hall–Kier alpha value is -2.70. The number of aromatic nitrogens is 2. The van der Waals surface area contributed by atoms with Crippen molar-refractivity contribution in [3.05, 3.63) is 47.9 Å². The number of piperazine rings is 1. The molecule has 0 radical (unpaired) electrons. The predicted molar refractivity (Wildman–Crippen MR) is 102 cm³/mol. The van der Waals surface area contributed by atoms with Crippen molar-refractivity contribution < 1.29 is 9.18 Å². The van der Waals surface area contributed by atoms with Gasteiger partial charge in [-0.05, 0) is 36.6 Å². The van der Waals surface area contributed by atoms with Gasteiger partial charge in [-0.15, -0.1) is 0 Å². The first-order valence-corrected chi connectivity index (χ1v) is 9.54. The highest BCUT2D eigenvalue weighted by atomic mass is 19.1. The average molecular weight is 369 g/mol.